The zero-order valence-corrected chi connectivity index (χ0v) is 23.9. The molecule has 0 saturated heterocycles. The van der Waals surface area contributed by atoms with E-state index in [1.165, 1.54) is 0 Å². The predicted molar refractivity (Wildman–Crippen MR) is 147 cm³/mol. The second-order valence-corrected chi connectivity index (χ2v) is 11.6. The highest BCUT2D eigenvalue weighted by atomic mass is 32.2. The molecule has 0 spiro atoms. The standard InChI is InChI=1S/C28H45N3O4S/c1-8-9-17-29-25(32)24(23-19(2)12-10-13-20(23)3)31(21-14-11-15-21)26(33)22(16-18-36-7)30-27(34)35-28(4,5)6/h10,12-13,21-22,24H,8-9,11,14-18H2,1-7H3,(H,29,32)(H,30,34). The molecule has 0 aliphatic heterocycles. The lowest BCUT2D eigenvalue weighted by atomic mass is 9.86. The van der Waals surface area contributed by atoms with E-state index in [0.29, 0.717) is 18.7 Å². The van der Waals surface area contributed by atoms with Crippen molar-refractivity contribution in [2.24, 2.45) is 0 Å². The smallest absolute Gasteiger partial charge is 0.408 e. The summed E-state index contributed by atoms with van der Waals surface area (Å²) in [6.45, 7) is 12.0. The van der Waals surface area contributed by atoms with E-state index in [2.05, 4.69) is 17.6 Å². The maximum absolute atomic E-state index is 14.2. The normalized spacial score (nSPS) is 15.4. The molecule has 8 heteroatoms. The second-order valence-electron chi connectivity index (χ2n) is 10.7. The Morgan fingerprint density at radius 1 is 1.17 bits per heavy atom. The first-order valence-electron chi connectivity index (χ1n) is 13.1. The largest absolute Gasteiger partial charge is 0.444 e. The highest BCUT2D eigenvalue weighted by Crippen LogP contribution is 2.36. The zero-order valence-electron chi connectivity index (χ0n) is 23.1. The van der Waals surface area contributed by atoms with E-state index in [0.717, 1.165) is 48.8 Å². The Morgan fingerprint density at radius 3 is 2.31 bits per heavy atom. The first-order chi connectivity index (χ1) is 17.0. The Labute approximate surface area is 221 Å². The lowest BCUT2D eigenvalue weighted by Gasteiger charge is -2.44. The van der Waals surface area contributed by atoms with Crippen LogP contribution in [0, 0.1) is 13.8 Å². The Balaban J connectivity index is 2.50. The molecular weight excluding hydrogens is 474 g/mol. The van der Waals surface area contributed by atoms with Crippen LogP contribution in [-0.2, 0) is 14.3 Å². The molecule has 2 atom stereocenters. The summed E-state index contributed by atoms with van der Waals surface area (Å²) < 4.78 is 5.47. The van der Waals surface area contributed by atoms with Gasteiger partial charge in [0.1, 0.15) is 17.7 Å². The van der Waals surface area contributed by atoms with Gasteiger partial charge in [0.25, 0.3) is 0 Å². The number of alkyl carbamates (subject to hydrolysis) is 1. The van der Waals surface area contributed by atoms with Crippen molar-refractivity contribution in [3.8, 4) is 0 Å². The van der Waals surface area contributed by atoms with Gasteiger partial charge in [-0.3, -0.25) is 9.59 Å². The van der Waals surface area contributed by atoms with E-state index < -0.39 is 23.8 Å². The fourth-order valence-corrected chi connectivity index (χ4v) is 4.92. The van der Waals surface area contributed by atoms with Crippen LogP contribution in [0.25, 0.3) is 0 Å². The number of nitrogens with one attached hydrogen (secondary N) is 2. The van der Waals surface area contributed by atoms with Gasteiger partial charge in [0, 0.05) is 12.6 Å². The Hall–Kier alpha value is -2.22. The number of nitrogens with zero attached hydrogens (tertiary/aromatic N) is 1. The van der Waals surface area contributed by atoms with Crippen LogP contribution in [0.4, 0.5) is 4.79 Å². The number of hydrogen-bond acceptors (Lipinski definition) is 5. The van der Waals surface area contributed by atoms with Crippen LogP contribution < -0.4 is 10.6 Å². The number of unbranched alkanes of at least 4 members (excludes halogenated alkanes) is 1. The lowest BCUT2D eigenvalue weighted by Crippen LogP contribution is -2.57. The minimum absolute atomic E-state index is 0.0457. The van der Waals surface area contributed by atoms with Crippen molar-refractivity contribution in [2.75, 3.05) is 18.6 Å². The van der Waals surface area contributed by atoms with Gasteiger partial charge < -0.3 is 20.3 Å². The molecule has 2 N–H and O–H groups in total. The summed E-state index contributed by atoms with van der Waals surface area (Å²) in [5.74, 6) is 0.307. The van der Waals surface area contributed by atoms with E-state index in [1.807, 2.05) is 38.3 Å². The van der Waals surface area contributed by atoms with E-state index in [9.17, 15) is 14.4 Å². The third-order valence-corrected chi connectivity index (χ3v) is 7.14. The van der Waals surface area contributed by atoms with Gasteiger partial charge in [-0.25, -0.2) is 4.79 Å². The van der Waals surface area contributed by atoms with Gasteiger partial charge in [0.05, 0.1) is 0 Å². The van der Waals surface area contributed by atoms with Crippen LogP contribution in [0.1, 0.15) is 89.0 Å². The van der Waals surface area contributed by atoms with Crippen LogP contribution in [0.5, 0.6) is 0 Å². The quantitative estimate of drug-likeness (QED) is 0.367. The predicted octanol–water partition coefficient (Wildman–Crippen LogP) is 5.29. The fraction of sp³-hybridized carbons (Fsp3) is 0.679. The summed E-state index contributed by atoms with van der Waals surface area (Å²) in [5, 5.41) is 5.90. The fourth-order valence-electron chi connectivity index (χ4n) is 4.45. The summed E-state index contributed by atoms with van der Waals surface area (Å²) in [6, 6.07) is 4.38. The SMILES string of the molecule is CCCCNC(=O)C(c1c(C)cccc1C)N(C(=O)C(CCSC)NC(=O)OC(C)(C)C)C1CCC1. The number of carbonyl (C=O) groups excluding carboxylic acids is 3. The maximum atomic E-state index is 14.2. The molecule has 1 fully saturated rings. The number of rotatable bonds is 12. The Bertz CT molecular complexity index is 875. The number of thioether (sulfide) groups is 1. The minimum Gasteiger partial charge on any atom is -0.444 e. The first kappa shape index (κ1) is 30.0. The number of aryl methyl sites for hydroxylation is 2. The molecule has 0 aromatic heterocycles. The molecule has 7 nitrogen and oxygen atoms in total. The third-order valence-electron chi connectivity index (χ3n) is 6.49. The van der Waals surface area contributed by atoms with Gasteiger partial charge in [-0.05, 0) is 95.4 Å². The van der Waals surface area contributed by atoms with Crippen molar-refractivity contribution in [3.05, 3.63) is 34.9 Å². The van der Waals surface area contributed by atoms with E-state index in [4.69, 9.17) is 4.74 Å². The van der Waals surface area contributed by atoms with E-state index in [-0.39, 0.29) is 17.9 Å². The molecule has 2 rings (SSSR count). The highest BCUT2D eigenvalue weighted by Gasteiger charge is 2.42. The molecule has 36 heavy (non-hydrogen) atoms. The molecule has 1 aliphatic carbocycles. The molecule has 1 aliphatic rings. The van der Waals surface area contributed by atoms with Crippen LogP contribution in [0.3, 0.4) is 0 Å². The summed E-state index contributed by atoms with van der Waals surface area (Å²) >= 11 is 1.61. The lowest BCUT2D eigenvalue weighted by molar-refractivity contribution is -0.147. The van der Waals surface area contributed by atoms with Crippen molar-refractivity contribution in [3.63, 3.8) is 0 Å². The monoisotopic (exact) mass is 519 g/mol. The van der Waals surface area contributed by atoms with Crippen molar-refractivity contribution in [2.45, 2.75) is 104 Å². The van der Waals surface area contributed by atoms with Crippen LogP contribution in [0.15, 0.2) is 18.2 Å². The van der Waals surface area contributed by atoms with Gasteiger partial charge >= 0.3 is 6.09 Å². The highest BCUT2D eigenvalue weighted by molar-refractivity contribution is 7.98. The number of benzene rings is 1. The number of amides is 3. The molecule has 1 aromatic carbocycles. The number of hydrogen-bond donors (Lipinski definition) is 2. The van der Waals surface area contributed by atoms with E-state index in [1.54, 1.807) is 37.4 Å². The van der Waals surface area contributed by atoms with Crippen molar-refractivity contribution in [1.29, 1.82) is 0 Å². The summed E-state index contributed by atoms with van der Waals surface area (Å²) in [7, 11) is 0. The molecular formula is C28H45N3O4S. The zero-order chi connectivity index (χ0) is 26.9. The first-order valence-corrected chi connectivity index (χ1v) is 14.5. The van der Waals surface area contributed by atoms with E-state index >= 15 is 0 Å². The van der Waals surface area contributed by atoms with Crippen molar-refractivity contribution in [1.82, 2.24) is 15.5 Å². The van der Waals surface area contributed by atoms with Gasteiger partial charge in [-0.2, -0.15) is 11.8 Å². The third kappa shape index (κ3) is 8.43. The van der Waals surface area contributed by atoms with Gasteiger partial charge in [0.15, 0.2) is 0 Å². The molecule has 0 heterocycles. The summed E-state index contributed by atoms with van der Waals surface area (Å²) in [5.41, 5.74) is 2.14. The Kier molecular flexibility index (Phi) is 11.6. The maximum Gasteiger partial charge on any atom is 0.408 e. The van der Waals surface area contributed by atoms with Gasteiger partial charge in [-0.15, -0.1) is 0 Å². The molecule has 2 unspecified atom stereocenters. The molecule has 202 valence electrons. The van der Waals surface area contributed by atoms with Crippen LogP contribution in [-0.4, -0.2) is 59.0 Å². The second kappa shape index (κ2) is 13.9. The average Bonchev–Trinajstić information content (AvgIpc) is 2.75. The average molecular weight is 520 g/mol. The van der Waals surface area contributed by atoms with Crippen LogP contribution >= 0.6 is 11.8 Å². The number of ether oxygens (including phenoxy) is 1. The van der Waals surface area contributed by atoms with Gasteiger partial charge in [-0.1, -0.05) is 31.5 Å². The molecule has 0 radical (unpaired) electrons. The van der Waals surface area contributed by atoms with Gasteiger partial charge in [0.2, 0.25) is 11.8 Å². The number of carbonyl (C=O) groups is 3. The molecule has 1 aromatic rings. The Morgan fingerprint density at radius 2 is 1.81 bits per heavy atom. The minimum atomic E-state index is -0.775. The summed E-state index contributed by atoms with van der Waals surface area (Å²) in [6.07, 6.45) is 6.36. The molecule has 3 amide bonds. The molecule has 1 saturated carbocycles. The van der Waals surface area contributed by atoms with Crippen LogP contribution in [0.2, 0.25) is 0 Å². The summed E-state index contributed by atoms with van der Waals surface area (Å²) in [4.78, 5) is 42.4. The van der Waals surface area contributed by atoms with Crippen molar-refractivity contribution >= 4 is 29.7 Å². The van der Waals surface area contributed by atoms with Crippen molar-refractivity contribution < 1.29 is 19.1 Å². The molecule has 0 bridgehead atoms. The topological polar surface area (TPSA) is 87.7 Å².